The second-order valence-corrected chi connectivity index (χ2v) is 5.74. The van der Waals surface area contributed by atoms with Crippen LogP contribution in [0, 0.1) is 23.2 Å². The lowest BCUT2D eigenvalue weighted by molar-refractivity contribution is 0.412. The van der Waals surface area contributed by atoms with Crippen LogP contribution in [-0.4, -0.2) is 13.3 Å². The molecule has 0 saturated heterocycles. The molecule has 0 bridgehead atoms. The SMILES string of the molecule is C=CC(CC#N)C1CCCC1.C=CCC(=C/C)/C(C=NC)=C/C. The van der Waals surface area contributed by atoms with Gasteiger partial charge >= 0.3 is 0 Å². The Bertz CT molecular complexity index is 469. The summed E-state index contributed by atoms with van der Waals surface area (Å²) in [6.45, 7) is 11.5. The predicted molar refractivity (Wildman–Crippen MR) is 103 cm³/mol. The molecule has 0 aromatic carbocycles. The van der Waals surface area contributed by atoms with E-state index in [2.05, 4.69) is 36.4 Å². The zero-order chi connectivity index (χ0) is 17.5. The van der Waals surface area contributed by atoms with Crippen LogP contribution in [0.25, 0.3) is 0 Å². The molecule has 1 fully saturated rings. The molecule has 2 heteroatoms. The van der Waals surface area contributed by atoms with Crippen LogP contribution in [-0.2, 0) is 0 Å². The monoisotopic (exact) mass is 312 g/mol. The third kappa shape index (κ3) is 8.35. The van der Waals surface area contributed by atoms with Crippen LogP contribution in [0.5, 0.6) is 0 Å². The van der Waals surface area contributed by atoms with E-state index in [4.69, 9.17) is 5.26 Å². The van der Waals surface area contributed by atoms with E-state index in [-0.39, 0.29) is 0 Å². The van der Waals surface area contributed by atoms with Crippen molar-refractivity contribution in [1.29, 1.82) is 5.26 Å². The number of aliphatic imine (C=N–C) groups is 1. The Balaban J connectivity index is 0.000000422. The number of hydrogen-bond acceptors (Lipinski definition) is 2. The van der Waals surface area contributed by atoms with Crippen LogP contribution >= 0.6 is 0 Å². The highest BCUT2D eigenvalue weighted by Gasteiger charge is 2.21. The summed E-state index contributed by atoms with van der Waals surface area (Å²) >= 11 is 0. The maximum atomic E-state index is 8.53. The first-order valence-electron chi connectivity index (χ1n) is 8.52. The Kier molecular flexibility index (Phi) is 12.6. The number of hydrogen-bond donors (Lipinski definition) is 0. The maximum absolute atomic E-state index is 8.53. The van der Waals surface area contributed by atoms with Crippen molar-refractivity contribution < 1.29 is 0 Å². The molecule has 0 aliphatic heterocycles. The van der Waals surface area contributed by atoms with Crippen LogP contribution in [0.15, 0.2) is 53.6 Å². The van der Waals surface area contributed by atoms with Crippen LogP contribution in [0.4, 0.5) is 0 Å². The summed E-state index contributed by atoms with van der Waals surface area (Å²) in [7, 11) is 1.78. The van der Waals surface area contributed by atoms with Crippen molar-refractivity contribution in [2.45, 2.75) is 52.4 Å². The molecule has 23 heavy (non-hydrogen) atoms. The molecule has 1 aliphatic rings. The molecule has 1 aliphatic carbocycles. The summed E-state index contributed by atoms with van der Waals surface area (Å²) in [6, 6.07) is 2.22. The minimum absolute atomic E-state index is 0.461. The standard InChI is InChI=1S/C11H17N.C10H15N/c1-5-8-10(6-2)11(7-3)9-12-4;1-2-9(7-8-11)10-5-3-4-6-10/h5-7,9H,1,8H2,2-4H3;2,9-10H,1,3-7H2/b10-6-,11-7+,12-9?;. The Morgan fingerprint density at radius 3 is 2.30 bits per heavy atom. The fourth-order valence-corrected chi connectivity index (χ4v) is 2.97. The van der Waals surface area contributed by atoms with Crippen LogP contribution < -0.4 is 0 Å². The van der Waals surface area contributed by atoms with Crippen molar-refractivity contribution in [3.63, 3.8) is 0 Å². The van der Waals surface area contributed by atoms with Gasteiger partial charge in [-0.15, -0.1) is 13.2 Å². The lowest BCUT2D eigenvalue weighted by atomic mass is 9.89. The number of nitrogens with zero attached hydrogens (tertiary/aromatic N) is 2. The Morgan fingerprint density at radius 1 is 1.26 bits per heavy atom. The first-order valence-corrected chi connectivity index (χ1v) is 8.52. The second kappa shape index (κ2) is 13.8. The van der Waals surface area contributed by atoms with Gasteiger partial charge < -0.3 is 0 Å². The highest BCUT2D eigenvalue weighted by atomic mass is 14.6. The van der Waals surface area contributed by atoms with E-state index >= 15 is 0 Å². The summed E-state index contributed by atoms with van der Waals surface area (Å²) in [4.78, 5) is 3.99. The van der Waals surface area contributed by atoms with Gasteiger partial charge in [0.25, 0.3) is 0 Å². The van der Waals surface area contributed by atoms with Gasteiger partial charge in [0, 0.05) is 19.7 Å². The quantitative estimate of drug-likeness (QED) is 0.320. The molecule has 0 radical (unpaired) electrons. The Morgan fingerprint density at radius 2 is 1.91 bits per heavy atom. The minimum Gasteiger partial charge on any atom is -0.296 e. The van der Waals surface area contributed by atoms with Gasteiger partial charge in [-0.05, 0) is 56.1 Å². The average molecular weight is 313 g/mol. The molecule has 0 N–H and O–H groups in total. The Labute approximate surface area is 143 Å². The van der Waals surface area contributed by atoms with Crippen LogP contribution in [0.2, 0.25) is 0 Å². The van der Waals surface area contributed by atoms with E-state index in [1.165, 1.54) is 36.8 Å². The second-order valence-electron chi connectivity index (χ2n) is 5.74. The first-order chi connectivity index (χ1) is 11.2. The molecule has 1 saturated carbocycles. The van der Waals surface area contributed by atoms with Crippen molar-refractivity contribution >= 4 is 6.21 Å². The van der Waals surface area contributed by atoms with Crippen LogP contribution in [0.1, 0.15) is 52.4 Å². The smallest absolute Gasteiger partial charge is 0.0628 e. The molecular weight excluding hydrogens is 280 g/mol. The molecule has 0 spiro atoms. The molecule has 126 valence electrons. The molecule has 0 amide bonds. The average Bonchev–Trinajstić information content (AvgIpc) is 3.10. The van der Waals surface area contributed by atoms with Gasteiger partial charge in [0.15, 0.2) is 0 Å². The first kappa shape index (κ1) is 21.1. The van der Waals surface area contributed by atoms with Crippen molar-refractivity contribution in [2.75, 3.05) is 7.05 Å². The third-order valence-electron chi connectivity index (χ3n) is 4.30. The minimum atomic E-state index is 0.461. The topological polar surface area (TPSA) is 36.1 Å². The zero-order valence-corrected chi connectivity index (χ0v) is 15.1. The predicted octanol–water partition coefficient (Wildman–Crippen LogP) is 6.05. The lowest BCUT2D eigenvalue weighted by Gasteiger charge is -2.15. The van der Waals surface area contributed by atoms with Gasteiger partial charge in [0.1, 0.15) is 0 Å². The van der Waals surface area contributed by atoms with E-state index in [0.29, 0.717) is 12.3 Å². The largest absolute Gasteiger partial charge is 0.296 e. The molecule has 1 unspecified atom stereocenters. The van der Waals surface area contributed by atoms with Gasteiger partial charge in [-0.25, -0.2) is 0 Å². The summed E-state index contributed by atoms with van der Waals surface area (Å²) in [5, 5.41) is 8.53. The van der Waals surface area contributed by atoms with E-state index in [1.54, 1.807) is 7.05 Å². The summed E-state index contributed by atoms with van der Waals surface area (Å²) in [5.74, 6) is 1.22. The number of allylic oxidation sites excluding steroid dienone is 6. The number of rotatable bonds is 7. The third-order valence-corrected chi connectivity index (χ3v) is 4.30. The fraction of sp³-hybridized carbons (Fsp3) is 0.524. The van der Waals surface area contributed by atoms with Gasteiger partial charge in [-0.1, -0.05) is 37.1 Å². The van der Waals surface area contributed by atoms with E-state index < -0.39 is 0 Å². The van der Waals surface area contributed by atoms with Crippen molar-refractivity contribution in [2.24, 2.45) is 16.8 Å². The highest BCUT2D eigenvalue weighted by Crippen LogP contribution is 2.33. The molecule has 1 atom stereocenters. The van der Waals surface area contributed by atoms with Crippen molar-refractivity contribution in [3.05, 3.63) is 48.6 Å². The summed E-state index contributed by atoms with van der Waals surface area (Å²) < 4.78 is 0. The number of nitriles is 1. The van der Waals surface area contributed by atoms with E-state index in [9.17, 15) is 0 Å². The summed E-state index contributed by atoms with van der Waals surface area (Å²) in [6.07, 6.45) is 16.8. The van der Waals surface area contributed by atoms with Crippen molar-refractivity contribution in [3.8, 4) is 6.07 Å². The van der Waals surface area contributed by atoms with E-state index in [1.807, 2.05) is 32.2 Å². The lowest BCUT2D eigenvalue weighted by Crippen LogP contribution is -2.07. The van der Waals surface area contributed by atoms with Crippen LogP contribution in [0.3, 0.4) is 0 Å². The molecule has 2 nitrogen and oxygen atoms in total. The normalized spacial score (nSPS) is 17.3. The highest BCUT2D eigenvalue weighted by molar-refractivity contribution is 5.84. The van der Waals surface area contributed by atoms with Gasteiger partial charge in [-0.3, -0.25) is 4.99 Å². The molecule has 0 aromatic heterocycles. The maximum Gasteiger partial charge on any atom is 0.0628 e. The molecule has 0 aromatic rings. The Hall–Kier alpha value is -1.88. The summed E-state index contributed by atoms with van der Waals surface area (Å²) in [5.41, 5.74) is 2.46. The van der Waals surface area contributed by atoms with Gasteiger partial charge in [-0.2, -0.15) is 5.26 Å². The molecule has 0 heterocycles. The van der Waals surface area contributed by atoms with Crippen molar-refractivity contribution in [1.82, 2.24) is 0 Å². The van der Waals surface area contributed by atoms with Gasteiger partial charge in [0.05, 0.1) is 6.07 Å². The van der Waals surface area contributed by atoms with E-state index in [0.717, 1.165) is 12.3 Å². The fourth-order valence-electron chi connectivity index (χ4n) is 2.97. The zero-order valence-electron chi connectivity index (χ0n) is 15.1. The molecular formula is C21H32N2. The van der Waals surface area contributed by atoms with Gasteiger partial charge in [0.2, 0.25) is 0 Å². The molecule has 1 rings (SSSR count).